The van der Waals surface area contributed by atoms with E-state index in [1.165, 1.54) is 17.1 Å². The molecule has 2 aromatic carbocycles. The van der Waals surface area contributed by atoms with Gasteiger partial charge in [-0.25, -0.2) is 0 Å². The van der Waals surface area contributed by atoms with Gasteiger partial charge < -0.3 is 9.80 Å². The van der Waals surface area contributed by atoms with Gasteiger partial charge in [0.2, 0.25) is 11.8 Å². The number of benzene rings is 2. The second kappa shape index (κ2) is 9.94. The fourth-order valence-corrected chi connectivity index (χ4v) is 7.04. The third-order valence-electron chi connectivity index (χ3n) is 8.72. The van der Waals surface area contributed by atoms with Crippen LogP contribution in [0.15, 0.2) is 48.0 Å². The van der Waals surface area contributed by atoms with Crippen LogP contribution < -0.4 is 10.2 Å². The molecule has 9 nitrogen and oxygen atoms in total. The molecule has 4 amide bonds. The molecule has 1 atom stereocenters. The molecule has 1 N–H and O–H groups in total. The van der Waals surface area contributed by atoms with Crippen LogP contribution in [0, 0.1) is 0 Å². The Hall–Kier alpha value is -3.89. The van der Waals surface area contributed by atoms with E-state index in [9.17, 15) is 19.2 Å². The highest BCUT2D eigenvalue weighted by atomic mass is 32.1. The van der Waals surface area contributed by atoms with Crippen molar-refractivity contribution in [3.8, 4) is 0 Å². The Bertz CT molecular complexity index is 1530. The number of likely N-dealkylation sites (tertiary alicyclic amines) is 1. The first kappa shape index (κ1) is 25.1. The predicted molar refractivity (Wildman–Crippen MR) is 149 cm³/mol. The van der Waals surface area contributed by atoms with Gasteiger partial charge in [-0.15, -0.1) is 0 Å². The van der Waals surface area contributed by atoms with Crippen molar-refractivity contribution in [1.29, 1.82) is 0 Å². The number of anilines is 1. The summed E-state index contributed by atoms with van der Waals surface area (Å²) in [7, 11) is 0. The van der Waals surface area contributed by atoms with Gasteiger partial charge in [-0.1, -0.05) is 24.3 Å². The van der Waals surface area contributed by atoms with Crippen molar-refractivity contribution in [2.24, 2.45) is 0 Å². The number of fused-ring (bicyclic) bond motifs is 2. The lowest BCUT2D eigenvalue weighted by Crippen LogP contribution is -2.52. The maximum Gasteiger partial charge on any atom is 0.259 e. The first-order valence-electron chi connectivity index (χ1n) is 13.8. The minimum atomic E-state index is -0.588. The number of carbonyl (C=O) groups excluding carboxylic acids is 4. The molecular formula is C30H29N5O4S. The summed E-state index contributed by atoms with van der Waals surface area (Å²) in [5.74, 6) is -0.330. The number of piperidine rings is 2. The number of nitrogens with one attached hydrogen (secondary N) is 1. The molecule has 1 unspecified atom stereocenters. The Morgan fingerprint density at radius 3 is 2.52 bits per heavy atom. The first-order chi connectivity index (χ1) is 19.4. The van der Waals surface area contributed by atoms with Crippen LogP contribution in [0.1, 0.15) is 74.6 Å². The molecule has 204 valence electrons. The molecule has 2 saturated heterocycles. The van der Waals surface area contributed by atoms with Crippen LogP contribution in [-0.4, -0.2) is 56.9 Å². The summed E-state index contributed by atoms with van der Waals surface area (Å²) in [5, 5.41) is 4.27. The minimum absolute atomic E-state index is 0.0435. The quantitative estimate of drug-likeness (QED) is 0.484. The van der Waals surface area contributed by atoms with E-state index in [1.54, 1.807) is 16.0 Å². The van der Waals surface area contributed by atoms with Crippen LogP contribution in [0.4, 0.5) is 5.69 Å². The average molecular weight is 556 g/mol. The van der Waals surface area contributed by atoms with Crippen molar-refractivity contribution >= 4 is 40.8 Å². The van der Waals surface area contributed by atoms with Crippen molar-refractivity contribution < 1.29 is 19.2 Å². The number of hydrogen-bond donors (Lipinski definition) is 1. The number of aromatic nitrogens is 1. The molecule has 5 heterocycles. The van der Waals surface area contributed by atoms with Crippen molar-refractivity contribution in [2.45, 2.75) is 57.3 Å². The molecule has 10 heteroatoms. The SMILES string of the molecule is O=C1CCC(N2Cc3cc(C4CCN(Cc5ccc6c(c5)C(=O)N(c5cnsc5)C6)CC4)ccc3C2=O)C(=O)N1. The maximum absolute atomic E-state index is 13.0. The fraction of sp³-hybridized carbons (Fsp3) is 0.367. The number of carbonyl (C=O) groups is 4. The molecule has 0 bridgehead atoms. The van der Waals surface area contributed by atoms with Crippen LogP contribution >= 0.6 is 11.5 Å². The minimum Gasteiger partial charge on any atom is -0.322 e. The summed E-state index contributed by atoms with van der Waals surface area (Å²) >= 11 is 1.35. The van der Waals surface area contributed by atoms with Gasteiger partial charge in [0.05, 0.1) is 18.4 Å². The van der Waals surface area contributed by atoms with Gasteiger partial charge in [-0.05, 0) is 84.2 Å². The molecule has 4 aliphatic heterocycles. The van der Waals surface area contributed by atoms with Gasteiger partial charge in [0.25, 0.3) is 11.8 Å². The molecule has 0 aliphatic carbocycles. The number of amides is 4. The molecule has 40 heavy (non-hydrogen) atoms. The van der Waals surface area contributed by atoms with E-state index in [0.717, 1.165) is 60.4 Å². The second-order valence-electron chi connectivity index (χ2n) is 11.1. The van der Waals surface area contributed by atoms with Crippen LogP contribution in [0.5, 0.6) is 0 Å². The molecule has 2 fully saturated rings. The highest BCUT2D eigenvalue weighted by molar-refractivity contribution is 7.04. The van der Waals surface area contributed by atoms with E-state index < -0.39 is 6.04 Å². The summed E-state index contributed by atoms with van der Waals surface area (Å²) in [6.45, 7) is 3.73. The predicted octanol–water partition coefficient (Wildman–Crippen LogP) is 3.44. The molecule has 4 aliphatic rings. The van der Waals surface area contributed by atoms with Crippen molar-refractivity contribution in [1.82, 2.24) is 19.5 Å². The molecule has 0 saturated carbocycles. The normalized spacial score (nSPS) is 21.6. The summed E-state index contributed by atoms with van der Waals surface area (Å²) < 4.78 is 4.13. The second-order valence-corrected chi connectivity index (χ2v) is 11.8. The Labute approximate surface area is 235 Å². The number of imide groups is 1. The number of hydrogen-bond acceptors (Lipinski definition) is 7. The van der Waals surface area contributed by atoms with E-state index in [-0.39, 0.29) is 30.0 Å². The first-order valence-corrected chi connectivity index (χ1v) is 14.6. The summed E-state index contributed by atoms with van der Waals surface area (Å²) in [4.78, 5) is 55.8. The van der Waals surface area contributed by atoms with Crippen LogP contribution in [0.2, 0.25) is 0 Å². The third kappa shape index (κ3) is 4.41. The Balaban J connectivity index is 0.976. The highest BCUT2D eigenvalue weighted by Gasteiger charge is 2.39. The summed E-state index contributed by atoms with van der Waals surface area (Å²) in [5.41, 5.74) is 6.72. The van der Waals surface area contributed by atoms with Crippen LogP contribution in [-0.2, 0) is 29.2 Å². The van der Waals surface area contributed by atoms with E-state index in [2.05, 4.69) is 44.9 Å². The van der Waals surface area contributed by atoms with Gasteiger partial charge in [-0.2, -0.15) is 4.37 Å². The van der Waals surface area contributed by atoms with E-state index >= 15 is 0 Å². The van der Waals surface area contributed by atoms with Crippen LogP contribution in [0.3, 0.4) is 0 Å². The zero-order valence-corrected chi connectivity index (χ0v) is 22.8. The van der Waals surface area contributed by atoms with Crippen molar-refractivity contribution in [3.63, 3.8) is 0 Å². The zero-order chi connectivity index (χ0) is 27.4. The number of nitrogens with zero attached hydrogens (tertiary/aromatic N) is 4. The molecular weight excluding hydrogens is 526 g/mol. The fourth-order valence-electron chi connectivity index (χ4n) is 6.52. The van der Waals surface area contributed by atoms with Gasteiger partial charge in [-0.3, -0.25) is 29.4 Å². The number of rotatable bonds is 5. The Morgan fingerprint density at radius 2 is 1.75 bits per heavy atom. The smallest absolute Gasteiger partial charge is 0.259 e. The average Bonchev–Trinajstić information content (AvgIpc) is 3.68. The highest BCUT2D eigenvalue weighted by Crippen LogP contribution is 2.35. The monoisotopic (exact) mass is 555 g/mol. The van der Waals surface area contributed by atoms with E-state index in [0.29, 0.717) is 31.0 Å². The molecule has 0 spiro atoms. The van der Waals surface area contributed by atoms with Gasteiger partial charge in [0, 0.05) is 36.0 Å². The molecule has 0 radical (unpaired) electrons. The standard InChI is InChI=1S/C30H29N5O4S/c36-27-6-5-26(28(37)32-27)35-16-22-12-20(3-4-24(22)29(35)38)19-7-9-33(10-8-19)14-18-1-2-21-15-34(23-13-31-40-17-23)30(39)25(21)11-18/h1-4,11-13,17,19,26H,5-10,14-16H2,(H,32,36,37). The van der Waals surface area contributed by atoms with Crippen molar-refractivity contribution in [2.75, 3.05) is 18.0 Å². The third-order valence-corrected chi connectivity index (χ3v) is 9.30. The summed E-state index contributed by atoms with van der Waals surface area (Å²) in [6.07, 6.45) is 4.41. The lowest BCUT2D eigenvalue weighted by atomic mass is 9.87. The molecule has 3 aromatic rings. The van der Waals surface area contributed by atoms with Crippen molar-refractivity contribution in [3.05, 3.63) is 81.4 Å². The van der Waals surface area contributed by atoms with Gasteiger partial charge in [0.15, 0.2) is 0 Å². The summed E-state index contributed by atoms with van der Waals surface area (Å²) in [6, 6.07) is 11.8. The van der Waals surface area contributed by atoms with E-state index in [4.69, 9.17) is 0 Å². The lowest BCUT2D eigenvalue weighted by Gasteiger charge is -2.32. The molecule has 7 rings (SSSR count). The Morgan fingerprint density at radius 1 is 0.900 bits per heavy atom. The Kier molecular flexibility index (Phi) is 6.24. The maximum atomic E-state index is 13.0. The largest absolute Gasteiger partial charge is 0.322 e. The van der Waals surface area contributed by atoms with Gasteiger partial charge in [0.1, 0.15) is 6.04 Å². The topological polar surface area (TPSA) is 103 Å². The van der Waals surface area contributed by atoms with Gasteiger partial charge >= 0.3 is 0 Å². The van der Waals surface area contributed by atoms with E-state index in [1.807, 2.05) is 11.4 Å². The lowest BCUT2D eigenvalue weighted by molar-refractivity contribution is -0.136. The zero-order valence-electron chi connectivity index (χ0n) is 22.0. The molecule has 1 aromatic heterocycles. The van der Waals surface area contributed by atoms with Crippen LogP contribution in [0.25, 0.3) is 0 Å².